The van der Waals surface area contributed by atoms with Gasteiger partial charge in [-0.3, -0.25) is 0 Å². The van der Waals surface area contributed by atoms with Crippen LogP contribution in [-0.4, -0.2) is 41.8 Å². The summed E-state index contributed by atoms with van der Waals surface area (Å²) in [6.07, 6.45) is 1.63. The fourth-order valence-electron chi connectivity index (χ4n) is 0.891. The Balaban J connectivity index is 4.02. The van der Waals surface area contributed by atoms with Gasteiger partial charge in [0.25, 0.3) is 0 Å². The van der Waals surface area contributed by atoms with Gasteiger partial charge in [-0.2, -0.15) is 0 Å². The summed E-state index contributed by atoms with van der Waals surface area (Å²) in [5.41, 5.74) is 0. The number of hydrogen-bond donors (Lipinski definition) is 2. The number of hydrogen-bond acceptors (Lipinski definition) is 2. The van der Waals surface area contributed by atoms with E-state index in [-0.39, 0.29) is 18.7 Å². The second-order valence-electron chi connectivity index (χ2n) is 3.06. The number of urea groups is 1. The first-order valence-electron chi connectivity index (χ1n) is 4.39. The molecule has 0 saturated heterocycles. The fourth-order valence-corrected chi connectivity index (χ4v) is 0.891. The highest BCUT2D eigenvalue weighted by atomic mass is 16.3. The molecule has 0 spiro atoms. The van der Waals surface area contributed by atoms with E-state index in [2.05, 4.69) is 11.9 Å². The summed E-state index contributed by atoms with van der Waals surface area (Å²) in [7, 11) is 0. The highest BCUT2D eigenvalue weighted by Crippen LogP contribution is 1.91. The number of amides is 2. The number of carbonyl (C=O) groups is 1. The molecular weight excluding hydrogens is 168 g/mol. The topological polar surface area (TPSA) is 52.6 Å². The van der Waals surface area contributed by atoms with Crippen LogP contribution in [0.4, 0.5) is 4.79 Å². The Morgan fingerprint density at radius 2 is 2.31 bits per heavy atom. The van der Waals surface area contributed by atoms with Crippen LogP contribution in [0.15, 0.2) is 12.7 Å². The largest absolute Gasteiger partial charge is 0.395 e. The highest BCUT2D eigenvalue weighted by molar-refractivity contribution is 5.74. The molecule has 0 rings (SSSR count). The molecule has 0 aromatic rings. The standard InChI is InChI=1S/C9H18N2O2/c1-4-5-11(6-7-12)9(13)10-8(2)3/h4,8,12H,1,5-7H2,2-3H3,(H,10,13). The van der Waals surface area contributed by atoms with Crippen molar-refractivity contribution in [1.82, 2.24) is 10.2 Å². The van der Waals surface area contributed by atoms with E-state index in [9.17, 15) is 4.79 Å². The van der Waals surface area contributed by atoms with Crippen molar-refractivity contribution in [1.29, 1.82) is 0 Å². The van der Waals surface area contributed by atoms with E-state index < -0.39 is 0 Å². The monoisotopic (exact) mass is 186 g/mol. The van der Waals surface area contributed by atoms with Gasteiger partial charge in [0.1, 0.15) is 0 Å². The number of aliphatic hydroxyl groups excluding tert-OH is 1. The van der Waals surface area contributed by atoms with Gasteiger partial charge < -0.3 is 15.3 Å². The third kappa shape index (κ3) is 5.25. The summed E-state index contributed by atoms with van der Waals surface area (Å²) in [6.45, 7) is 8.09. The van der Waals surface area contributed by atoms with E-state index in [0.717, 1.165) is 0 Å². The predicted octanol–water partition coefficient (Wildman–Crippen LogP) is 0.585. The Bertz CT molecular complexity index is 169. The molecule has 0 fully saturated rings. The van der Waals surface area contributed by atoms with E-state index in [0.29, 0.717) is 13.1 Å². The van der Waals surface area contributed by atoms with Crippen molar-refractivity contribution < 1.29 is 9.90 Å². The van der Waals surface area contributed by atoms with Crippen molar-refractivity contribution in [2.45, 2.75) is 19.9 Å². The molecule has 0 aromatic heterocycles. The summed E-state index contributed by atoms with van der Waals surface area (Å²) in [4.78, 5) is 12.9. The van der Waals surface area contributed by atoms with Gasteiger partial charge in [-0.05, 0) is 13.8 Å². The van der Waals surface area contributed by atoms with Gasteiger partial charge >= 0.3 is 6.03 Å². The molecule has 4 heteroatoms. The SMILES string of the molecule is C=CCN(CCO)C(=O)NC(C)C. The van der Waals surface area contributed by atoms with Crippen LogP contribution in [0.3, 0.4) is 0 Å². The second kappa shape index (κ2) is 6.48. The van der Waals surface area contributed by atoms with E-state index in [4.69, 9.17) is 5.11 Å². The molecule has 0 atom stereocenters. The maximum atomic E-state index is 11.4. The molecule has 76 valence electrons. The molecule has 0 bridgehead atoms. The van der Waals surface area contributed by atoms with E-state index in [1.54, 1.807) is 6.08 Å². The first-order chi connectivity index (χ1) is 6.11. The third-order valence-corrected chi connectivity index (χ3v) is 1.42. The smallest absolute Gasteiger partial charge is 0.317 e. The van der Waals surface area contributed by atoms with Gasteiger partial charge in [0.2, 0.25) is 0 Å². The summed E-state index contributed by atoms with van der Waals surface area (Å²) in [5.74, 6) is 0. The summed E-state index contributed by atoms with van der Waals surface area (Å²) in [5, 5.41) is 11.4. The molecule has 13 heavy (non-hydrogen) atoms. The lowest BCUT2D eigenvalue weighted by Gasteiger charge is -2.21. The zero-order valence-electron chi connectivity index (χ0n) is 8.29. The van der Waals surface area contributed by atoms with Crippen LogP contribution < -0.4 is 5.32 Å². The van der Waals surface area contributed by atoms with Crippen molar-refractivity contribution in [3.8, 4) is 0 Å². The lowest BCUT2D eigenvalue weighted by Crippen LogP contribution is -2.44. The maximum absolute atomic E-state index is 11.4. The summed E-state index contributed by atoms with van der Waals surface area (Å²) in [6, 6.07) is -0.0533. The summed E-state index contributed by atoms with van der Waals surface area (Å²) >= 11 is 0. The van der Waals surface area contributed by atoms with Crippen LogP contribution in [0.1, 0.15) is 13.8 Å². The normalized spacial score (nSPS) is 9.85. The van der Waals surface area contributed by atoms with Crippen molar-refractivity contribution in [3.05, 3.63) is 12.7 Å². The van der Waals surface area contributed by atoms with E-state index >= 15 is 0 Å². The minimum Gasteiger partial charge on any atom is -0.395 e. The van der Waals surface area contributed by atoms with Gasteiger partial charge in [0, 0.05) is 19.1 Å². The zero-order valence-corrected chi connectivity index (χ0v) is 8.29. The minimum absolute atomic E-state index is 0.0284. The lowest BCUT2D eigenvalue weighted by atomic mass is 10.4. The fraction of sp³-hybridized carbons (Fsp3) is 0.667. The number of aliphatic hydroxyl groups is 1. The maximum Gasteiger partial charge on any atom is 0.317 e. The molecule has 0 aromatic carbocycles. The first-order valence-corrected chi connectivity index (χ1v) is 4.39. The molecule has 0 unspecified atom stereocenters. The number of nitrogens with zero attached hydrogens (tertiary/aromatic N) is 1. The second-order valence-corrected chi connectivity index (χ2v) is 3.06. The van der Waals surface area contributed by atoms with E-state index in [1.165, 1.54) is 4.90 Å². The average molecular weight is 186 g/mol. The van der Waals surface area contributed by atoms with Crippen molar-refractivity contribution in [2.75, 3.05) is 19.7 Å². The van der Waals surface area contributed by atoms with Crippen LogP contribution in [0.2, 0.25) is 0 Å². The van der Waals surface area contributed by atoms with Crippen LogP contribution in [0.25, 0.3) is 0 Å². The van der Waals surface area contributed by atoms with Gasteiger partial charge in [-0.1, -0.05) is 6.08 Å². The zero-order chi connectivity index (χ0) is 10.3. The number of carbonyl (C=O) groups excluding carboxylic acids is 1. The Morgan fingerprint density at radius 3 is 2.69 bits per heavy atom. The quantitative estimate of drug-likeness (QED) is 0.617. The van der Waals surface area contributed by atoms with Gasteiger partial charge in [0.05, 0.1) is 6.61 Å². The Morgan fingerprint density at radius 1 is 1.69 bits per heavy atom. The number of nitrogens with one attached hydrogen (secondary N) is 1. The number of rotatable bonds is 5. The Kier molecular flexibility index (Phi) is 5.97. The van der Waals surface area contributed by atoms with Crippen molar-refractivity contribution in [2.24, 2.45) is 0 Å². The van der Waals surface area contributed by atoms with Crippen LogP contribution in [-0.2, 0) is 0 Å². The molecule has 0 aliphatic carbocycles. The van der Waals surface area contributed by atoms with Gasteiger partial charge in [-0.15, -0.1) is 6.58 Å². The highest BCUT2D eigenvalue weighted by Gasteiger charge is 2.11. The summed E-state index contributed by atoms with van der Waals surface area (Å²) < 4.78 is 0. The van der Waals surface area contributed by atoms with Crippen LogP contribution >= 0.6 is 0 Å². The van der Waals surface area contributed by atoms with Crippen molar-refractivity contribution >= 4 is 6.03 Å². The molecule has 0 saturated carbocycles. The van der Waals surface area contributed by atoms with Crippen LogP contribution in [0.5, 0.6) is 0 Å². The predicted molar refractivity (Wildman–Crippen MR) is 52.5 cm³/mol. The molecule has 4 nitrogen and oxygen atoms in total. The Hall–Kier alpha value is -1.03. The molecule has 2 N–H and O–H groups in total. The first kappa shape index (κ1) is 12.0. The molecule has 0 heterocycles. The average Bonchev–Trinajstić information content (AvgIpc) is 2.02. The minimum atomic E-state index is -0.163. The molecular formula is C9H18N2O2. The van der Waals surface area contributed by atoms with E-state index in [1.807, 2.05) is 13.8 Å². The molecule has 2 amide bonds. The van der Waals surface area contributed by atoms with Crippen LogP contribution in [0, 0.1) is 0 Å². The molecule has 0 radical (unpaired) electrons. The van der Waals surface area contributed by atoms with Gasteiger partial charge in [-0.25, -0.2) is 4.79 Å². The Labute approximate surface area is 79.2 Å². The van der Waals surface area contributed by atoms with Gasteiger partial charge in [0.15, 0.2) is 0 Å². The molecule has 0 aliphatic heterocycles. The molecule has 0 aliphatic rings. The van der Waals surface area contributed by atoms with Crippen molar-refractivity contribution in [3.63, 3.8) is 0 Å². The lowest BCUT2D eigenvalue weighted by molar-refractivity contribution is 0.181. The third-order valence-electron chi connectivity index (χ3n) is 1.42.